The largest absolute Gasteiger partial charge is 0.497 e. The topological polar surface area (TPSA) is 26.6 Å². The summed E-state index contributed by atoms with van der Waals surface area (Å²) in [4.78, 5) is 2.47. The highest BCUT2D eigenvalue weighted by molar-refractivity contribution is 5.52. The molecule has 0 amide bonds. The molecule has 0 N–H and O–H groups in total. The van der Waals surface area contributed by atoms with Gasteiger partial charge in [0.15, 0.2) is 0 Å². The SMILES string of the molecule is COc1ccc(N2C[C@@H]3C[C@H]2C[N]3)cc1. The van der Waals surface area contributed by atoms with Crippen molar-refractivity contribution in [2.45, 2.75) is 18.5 Å². The van der Waals surface area contributed by atoms with Crippen LogP contribution in [-0.2, 0) is 0 Å². The van der Waals surface area contributed by atoms with Gasteiger partial charge in [0.1, 0.15) is 5.75 Å². The van der Waals surface area contributed by atoms with E-state index in [0.29, 0.717) is 12.1 Å². The molecule has 0 spiro atoms. The highest BCUT2D eigenvalue weighted by atomic mass is 16.5. The van der Waals surface area contributed by atoms with Crippen molar-refractivity contribution in [3.8, 4) is 5.75 Å². The minimum Gasteiger partial charge on any atom is -0.497 e. The van der Waals surface area contributed by atoms with Gasteiger partial charge >= 0.3 is 0 Å². The minimum atomic E-state index is 0.581. The maximum atomic E-state index is 5.16. The molecular formula is C12H15N2O. The van der Waals surface area contributed by atoms with Crippen molar-refractivity contribution in [2.24, 2.45) is 0 Å². The Kier molecular flexibility index (Phi) is 2.06. The lowest BCUT2D eigenvalue weighted by Gasteiger charge is -2.28. The number of methoxy groups -OCH3 is 1. The Labute approximate surface area is 90.0 Å². The number of rotatable bonds is 2. The molecule has 2 fully saturated rings. The van der Waals surface area contributed by atoms with Crippen LogP contribution < -0.4 is 15.0 Å². The lowest BCUT2D eigenvalue weighted by Crippen LogP contribution is -2.40. The Hall–Kier alpha value is -1.22. The van der Waals surface area contributed by atoms with E-state index in [1.54, 1.807) is 7.11 Å². The second kappa shape index (κ2) is 3.42. The van der Waals surface area contributed by atoms with E-state index in [1.807, 2.05) is 12.1 Å². The third-order valence-electron chi connectivity index (χ3n) is 3.37. The van der Waals surface area contributed by atoms with E-state index in [1.165, 1.54) is 12.1 Å². The van der Waals surface area contributed by atoms with E-state index in [-0.39, 0.29) is 0 Å². The smallest absolute Gasteiger partial charge is 0.119 e. The Morgan fingerprint density at radius 3 is 2.67 bits per heavy atom. The Balaban J connectivity index is 1.81. The number of hydrogen-bond acceptors (Lipinski definition) is 2. The standard InChI is InChI=1S/C12H15N2O/c1-15-12-4-2-10(3-5-12)14-8-9-6-11(14)7-13-9/h2-5,9,11H,6-8H2,1H3/t9-,11-/m0/s1. The van der Waals surface area contributed by atoms with E-state index in [4.69, 9.17) is 4.74 Å². The Bertz CT molecular complexity index is 349. The zero-order chi connectivity index (χ0) is 10.3. The quantitative estimate of drug-likeness (QED) is 0.723. The van der Waals surface area contributed by atoms with Gasteiger partial charge in [-0.2, -0.15) is 0 Å². The molecule has 2 saturated heterocycles. The molecule has 3 nitrogen and oxygen atoms in total. The maximum absolute atomic E-state index is 5.16. The highest BCUT2D eigenvalue weighted by Gasteiger charge is 2.38. The zero-order valence-corrected chi connectivity index (χ0v) is 8.89. The predicted octanol–water partition coefficient (Wildman–Crippen LogP) is 1.26. The van der Waals surface area contributed by atoms with Crippen molar-refractivity contribution < 1.29 is 4.74 Å². The number of benzene rings is 1. The van der Waals surface area contributed by atoms with Crippen molar-refractivity contribution in [3.63, 3.8) is 0 Å². The zero-order valence-electron chi connectivity index (χ0n) is 8.89. The van der Waals surface area contributed by atoms with Crippen molar-refractivity contribution in [3.05, 3.63) is 24.3 Å². The summed E-state index contributed by atoms with van der Waals surface area (Å²) < 4.78 is 5.16. The van der Waals surface area contributed by atoms with Crippen LogP contribution in [0.2, 0.25) is 0 Å². The van der Waals surface area contributed by atoms with Crippen LogP contribution in [-0.4, -0.2) is 32.3 Å². The monoisotopic (exact) mass is 203 g/mol. The van der Waals surface area contributed by atoms with Gasteiger partial charge in [-0.05, 0) is 30.7 Å². The lowest BCUT2D eigenvalue weighted by atomic mass is 10.2. The summed E-state index contributed by atoms with van der Waals surface area (Å²) in [6.07, 6.45) is 1.24. The molecular weight excluding hydrogens is 188 g/mol. The van der Waals surface area contributed by atoms with Gasteiger partial charge in [0.05, 0.1) is 7.11 Å². The van der Waals surface area contributed by atoms with Crippen LogP contribution in [0.1, 0.15) is 6.42 Å². The fourth-order valence-electron chi connectivity index (χ4n) is 2.56. The van der Waals surface area contributed by atoms with Crippen molar-refractivity contribution in [1.29, 1.82) is 0 Å². The molecule has 15 heavy (non-hydrogen) atoms. The summed E-state index contributed by atoms with van der Waals surface area (Å²) in [5.41, 5.74) is 1.30. The fraction of sp³-hybridized carbons (Fsp3) is 0.500. The van der Waals surface area contributed by atoms with Crippen LogP contribution in [0.15, 0.2) is 24.3 Å². The van der Waals surface area contributed by atoms with Gasteiger partial charge in [-0.3, -0.25) is 0 Å². The summed E-state index contributed by atoms with van der Waals surface area (Å²) in [6.45, 7) is 2.10. The number of nitrogens with zero attached hydrogens (tertiary/aromatic N) is 2. The van der Waals surface area contributed by atoms with Gasteiger partial charge in [-0.25, -0.2) is 5.32 Å². The molecule has 2 aliphatic heterocycles. The molecule has 1 aromatic rings. The second-order valence-corrected chi connectivity index (χ2v) is 4.26. The lowest BCUT2D eigenvalue weighted by molar-refractivity contribution is 0.414. The van der Waals surface area contributed by atoms with Gasteiger partial charge in [0.25, 0.3) is 0 Å². The Morgan fingerprint density at radius 2 is 2.13 bits per heavy atom. The molecule has 0 unspecified atom stereocenters. The molecule has 2 heterocycles. The van der Waals surface area contributed by atoms with Gasteiger partial charge in [-0.15, -0.1) is 0 Å². The molecule has 3 heteroatoms. The number of anilines is 1. The van der Waals surface area contributed by atoms with Gasteiger partial charge in [0.2, 0.25) is 0 Å². The van der Waals surface area contributed by atoms with E-state index < -0.39 is 0 Å². The molecule has 0 aromatic heterocycles. The van der Waals surface area contributed by atoms with E-state index >= 15 is 0 Å². The van der Waals surface area contributed by atoms with Crippen LogP contribution in [0, 0.1) is 0 Å². The third-order valence-corrected chi connectivity index (χ3v) is 3.37. The van der Waals surface area contributed by atoms with Gasteiger partial charge < -0.3 is 9.64 Å². The van der Waals surface area contributed by atoms with Crippen molar-refractivity contribution in [2.75, 3.05) is 25.1 Å². The first-order chi connectivity index (χ1) is 7.36. The summed E-state index contributed by atoms with van der Waals surface area (Å²) >= 11 is 0. The predicted molar refractivity (Wildman–Crippen MR) is 59.5 cm³/mol. The second-order valence-electron chi connectivity index (χ2n) is 4.26. The Morgan fingerprint density at radius 1 is 1.33 bits per heavy atom. The van der Waals surface area contributed by atoms with Crippen LogP contribution in [0.25, 0.3) is 0 Å². The van der Waals surface area contributed by atoms with Gasteiger partial charge in [-0.1, -0.05) is 0 Å². The highest BCUT2D eigenvalue weighted by Crippen LogP contribution is 2.30. The normalized spacial score (nSPS) is 28.5. The van der Waals surface area contributed by atoms with Crippen LogP contribution >= 0.6 is 0 Å². The van der Waals surface area contributed by atoms with E-state index in [9.17, 15) is 0 Å². The first-order valence-corrected chi connectivity index (χ1v) is 5.44. The van der Waals surface area contributed by atoms with E-state index in [2.05, 4.69) is 22.3 Å². The van der Waals surface area contributed by atoms with E-state index in [0.717, 1.165) is 18.8 Å². The summed E-state index contributed by atoms with van der Waals surface area (Å²) in [6, 6.07) is 9.55. The molecule has 2 atom stereocenters. The molecule has 1 aromatic carbocycles. The first-order valence-electron chi connectivity index (χ1n) is 5.44. The van der Waals surface area contributed by atoms with Crippen molar-refractivity contribution in [1.82, 2.24) is 5.32 Å². The first kappa shape index (κ1) is 9.04. The maximum Gasteiger partial charge on any atom is 0.119 e. The molecule has 0 saturated carbocycles. The third kappa shape index (κ3) is 1.47. The molecule has 2 bridgehead atoms. The molecule has 79 valence electrons. The number of fused-ring (bicyclic) bond motifs is 2. The minimum absolute atomic E-state index is 0.581. The number of ether oxygens (including phenoxy) is 1. The molecule has 2 aliphatic rings. The average Bonchev–Trinajstić information content (AvgIpc) is 2.91. The van der Waals surface area contributed by atoms with Crippen molar-refractivity contribution >= 4 is 5.69 Å². The summed E-state index contributed by atoms with van der Waals surface area (Å²) in [5.74, 6) is 0.924. The molecule has 1 radical (unpaired) electrons. The fourth-order valence-corrected chi connectivity index (χ4v) is 2.56. The molecule has 0 aliphatic carbocycles. The number of piperazine rings is 1. The molecule has 3 rings (SSSR count). The van der Waals surface area contributed by atoms with Crippen LogP contribution in [0.4, 0.5) is 5.69 Å². The number of hydrogen-bond donors (Lipinski definition) is 0. The van der Waals surface area contributed by atoms with Crippen LogP contribution in [0.5, 0.6) is 5.75 Å². The van der Waals surface area contributed by atoms with Gasteiger partial charge in [0, 0.05) is 30.9 Å². The summed E-state index contributed by atoms with van der Waals surface area (Å²) in [7, 11) is 1.70. The van der Waals surface area contributed by atoms with Crippen LogP contribution in [0.3, 0.4) is 0 Å². The average molecular weight is 203 g/mol. The summed E-state index contributed by atoms with van der Waals surface area (Å²) in [5, 5.41) is 4.55.